The van der Waals surface area contributed by atoms with Crippen LogP contribution in [0, 0.1) is 5.82 Å². The van der Waals surface area contributed by atoms with Gasteiger partial charge in [0.2, 0.25) is 0 Å². The maximum atomic E-state index is 13.0. The molecule has 0 heterocycles. The van der Waals surface area contributed by atoms with Crippen LogP contribution in [0.25, 0.3) is 0 Å². The fourth-order valence-electron chi connectivity index (χ4n) is 1.48. The van der Waals surface area contributed by atoms with E-state index in [1.165, 1.54) is 20.3 Å². The summed E-state index contributed by atoms with van der Waals surface area (Å²) in [5.41, 5.74) is 6.83. The van der Waals surface area contributed by atoms with Crippen molar-refractivity contribution in [1.82, 2.24) is 0 Å². The Balaban J connectivity index is 2.69. The second kappa shape index (κ2) is 6.30. The van der Waals surface area contributed by atoms with Crippen LogP contribution in [0.2, 0.25) is 0 Å². The van der Waals surface area contributed by atoms with Crippen LogP contribution < -0.4 is 5.73 Å². The van der Waals surface area contributed by atoms with E-state index in [1.807, 2.05) is 0 Å². The highest BCUT2D eigenvalue weighted by Crippen LogP contribution is 2.18. The minimum absolute atomic E-state index is 0.285. The number of ether oxygens (including phenoxy) is 2. The van der Waals surface area contributed by atoms with E-state index < -0.39 is 6.29 Å². The first-order chi connectivity index (χ1) is 7.58. The maximum absolute atomic E-state index is 13.0. The van der Waals surface area contributed by atoms with Crippen LogP contribution in [-0.2, 0) is 15.9 Å². The molecule has 0 amide bonds. The second-order valence-corrected chi connectivity index (χ2v) is 4.31. The van der Waals surface area contributed by atoms with E-state index in [0.717, 1.165) is 5.56 Å². The van der Waals surface area contributed by atoms with Crippen molar-refractivity contribution in [2.24, 2.45) is 5.73 Å². The summed E-state index contributed by atoms with van der Waals surface area (Å²) in [5.74, 6) is -0.285. The molecule has 1 rings (SSSR count). The fourth-order valence-corrected chi connectivity index (χ4v) is 1.91. The number of benzene rings is 1. The lowest BCUT2D eigenvalue weighted by Gasteiger charge is -2.21. The zero-order valence-electron chi connectivity index (χ0n) is 9.24. The smallest absolute Gasteiger partial charge is 0.172 e. The Hall–Kier alpha value is -0.490. The average molecular weight is 292 g/mol. The zero-order chi connectivity index (χ0) is 12.1. The molecule has 1 aromatic carbocycles. The Kier molecular flexibility index (Phi) is 5.34. The summed E-state index contributed by atoms with van der Waals surface area (Å²) in [6.45, 7) is 0. The minimum atomic E-state index is -0.455. The highest BCUT2D eigenvalue weighted by atomic mass is 79.9. The van der Waals surface area contributed by atoms with Gasteiger partial charge in [-0.25, -0.2) is 4.39 Å². The number of halogens is 2. The molecule has 2 N–H and O–H groups in total. The van der Waals surface area contributed by atoms with Gasteiger partial charge in [0.25, 0.3) is 0 Å². The zero-order valence-corrected chi connectivity index (χ0v) is 10.8. The van der Waals surface area contributed by atoms with Crippen molar-refractivity contribution < 1.29 is 13.9 Å². The first-order valence-electron chi connectivity index (χ1n) is 4.83. The molecule has 0 spiro atoms. The molecule has 0 saturated carbocycles. The first kappa shape index (κ1) is 13.6. The standard InChI is InChI=1S/C11H15BrFNO2/c1-15-11(16-2)10(14)6-7-3-4-9(13)8(12)5-7/h3-5,10-11H,6,14H2,1-2H3. The van der Waals surface area contributed by atoms with Crippen LogP contribution in [0.1, 0.15) is 5.56 Å². The largest absolute Gasteiger partial charge is 0.354 e. The highest BCUT2D eigenvalue weighted by Gasteiger charge is 2.17. The van der Waals surface area contributed by atoms with Crippen LogP contribution in [0.15, 0.2) is 22.7 Å². The van der Waals surface area contributed by atoms with Gasteiger partial charge in [-0.2, -0.15) is 0 Å². The number of hydrogen-bond acceptors (Lipinski definition) is 3. The molecule has 0 aliphatic rings. The molecule has 1 aromatic rings. The van der Waals surface area contributed by atoms with E-state index in [9.17, 15) is 4.39 Å². The lowest BCUT2D eigenvalue weighted by atomic mass is 10.1. The van der Waals surface area contributed by atoms with Crippen LogP contribution >= 0.6 is 15.9 Å². The lowest BCUT2D eigenvalue weighted by Crippen LogP contribution is -2.39. The van der Waals surface area contributed by atoms with Crippen LogP contribution in [0.3, 0.4) is 0 Å². The van der Waals surface area contributed by atoms with E-state index in [4.69, 9.17) is 15.2 Å². The summed E-state index contributed by atoms with van der Waals surface area (Å²) >= 11 is 3.13. The molecule has 16 heavy (non-hydrogen) atoms. The topological polar surface area (TPSA) is 44.5 Å². The summed E-state index contributed by atoms with van der Waals surface area (Å²) in [4.78, 5) is 0. The molecular weight excluding hydrogens is 277 g/mol. The quantitative estimate of drug-likeness (QED) is 0.845. The average Bonchev–Trinajstić information content (AvgIpc) is 2.25. The molecule has 90 valence electrons. The third-order valence-electron chi connectivity index (χ3n) is 2.27. The van der Waals surface area contributed by atoms with Gasteiger partial charge in [0, 0.05) is 14.2 Å². The van der Waals surface area contributed by atoms with Crippen molar-refractivity contribution in [1.29, 1.82) is 0 Å². The van der Waals surface area contributed by atoms with Gasteiger partial charge in [-0.15, -0.1) is 0 Å². The summed E-state index contributed by atoms with van der Waals surface area (Å²) in [5, 5.41) is 0. The molecule has 1 unspecified atom stereocenters. The molecule has 0 aliphatic carbocycles. The van der Waals surface area contributed by atoms with Gasteiger partial charge in [0.05, 0.1) is 10.5 Å². The molecule has 0 radical (unpaired) electrons. The van der Waals surface area contributed by atoms with Gasteiger partial charge in [-0.3, -0.25) is 0 Å². The Morgan fingerprint density at radius 3 is 2.50 bits per heavy atom. The van der Waals surface area contributed by atoms with Crippen molar-refractivity contribution in [3.8, 4) is 0 Å². The van der Waals surface area contributed by atoms with Gasteiger partial charge in [-0.1, -0.05) is 6.07 Å². The summed E-state index contributed by atoms with van der Waals surface area (Å²) in [6.07, 6.45) is 0.106. The van der Waals surface area contributed by atoms with Crippen molar-refractivity contribution in [2.75, 3.05) is 14.2 Å². The molecule has 0 saturated heterocycles. The fraction of sp³-hybridized carbons (Fsp3) is 0.455. The minimum Gasteiger partial charge on any atom is -0.354 e. The highest BCUT2D eigenvalue weighted by molar-refractivity contribution is 9.10. The second-order valence-electron chi connectivity index (χ2n) is 3.46. The van der Waals surface area contributed by atoms with Gasteiger partial charge in [0.15, 0.2) is 6.29 Å². The third-order valence-corrected chi connectivity index (χ3v) is 2.88. The number of methoxy groups -OCH3 is 2. The van der Waals surface area contributed by atoms with Gasteiger partial charge in [0.1, 0.15) is 5.82 Å². The van der Waals surface area contributed by atoms with Crippen LogP contribution in [0.4, 0.5) is 4.39 Å². The predicted octanol–water partition coefficient (Wildman–Crippen LogP) is 2.08. The van der Waals surface area contributed by atoms with Gasteiger partial charge in [-0.05, 0) is 40.0 Å². The first-order valence-corrected chi connectivity index (χ1v) is 5.63. The van der Waals surface area contributed by atoms with Gasteiger partial charge < -0.3 is 15.2 Å². The van der Waals surface area contributed by atoms with Crippen LogP contribution in [-0.4, -0.2) is 26.6 Å². The van der Waals surface area contributed by atoms with Crippen LogP contribution in [0.5, 0.6) is 0 Å². The van der Waals surface area contributed by atoms with Crippen molar-refractivity contribution >= 4 is 15.9 Å². The Bertz CT molecular complexity index is 345. The Morgan fingerprint density at radius 1 is 1.38 bits per heavy atom. The third kappa shape index (κ3) is 3.52. The molecule has 3 nitrogen and oxygen atoms in total. The molecule has 0 fully saturated rings. The molecule has 5 heteroatoms. The van der Waals surface area contributed by atoms with E-state index in [-0.39, 0.29) is 11.9 Å². The van der Waals surface area contributed by atoms with Crippen molar-refractivity contribution in [2.45, 2.75) is 18.8 Å². The maximum Gasteiger partial charge on any atom is 0.172 e. The van der Waals surface area contributed by atoms with Gasteiger partial charge >= 0.3 is 0 Å². The molecule has 1 atom stereocenters. The Morgan fingerprint density at radius 2 is 2.00 bits per heavy atom. The molecule has 0 aliphatic heterocycles. The van der Waals surface area contributed by atoms with Crippen molar-refractivity contribution in [3.05, 3.63) is 34.1 Å². The predicted molar refractivity (Wildman–Crippen MR) is 63.6 cm³/mol. The van der Waals surface area contributed by atoms with E-state index in [2.05, 4.69) is 15.9 Å². The normalized spacial score (nSPS) is 13.1. The summed E-state index contributed by atoms with van der Waals surface area (Å²) in [7, 11) is 3.07. The molecule has 0 bridgehead atoms. The number of nitrogens with two attached hydrogens (primary N) is 1. The number of rotatable bonds is 5. The molecule has 0 aromatic heterocycles. The lowest BCUT2D eigenvalue weighted by molar-refractivity contribution is -0.115. The SMILES string of the molecule is COC(OC)C(N)Cc1ccc(F)c(Br)c1. The van der Waals surface area contributed by atoms with E-state index in [0.29, 0.717) is 10.9 Å². The summed E-state index contributed by atoms with van der Waals surface area (Å²) in [6, 6.07) is 4.52. The van der Waals surface area contributed by atoms with E-state index >= 15 is 0 Å². The Labute approximate surface area is 103 Å². The summed E-state index contributed by atoms with van der Waals surface area (Å²) < 4.78 is 23.5. The number of hydrogen-bond donors (Lipinski definition) is 1. The molecular formula is C11H15BrFNO2. The van der Waals surface area contributed by atoms with E-state index in [1.54, 1.807) is 12.1 Å². The van der Waals surface area contributed by atoms with Crippen molar-refractivity contribution in [3.63, 3.8) is 0 Å². The monoisotopic (exact) mass is 291 g/mol.